The molecular formula is C26H25FN2O5. The van der Waals surface area contributed by atoms with Crippen LogP contribution in [0.3, 0.4) is 0 Å². The number of amides is 2. The van der Waals surface area contributed by atoms with Crippen molar-refractivity contribution in [1.29, 1.82) is 0 Å². The Morgan fingerprint density at radius 2 is 1.68 bits per heavy atom. The van der Waals surface area contributed by atoms with Crippen molar-refractivity contribution in [3.8, 4) is 11.5 Å². The number of para-hydroxylation sites is 1. The number of hydrogen-bond donors (Lipinski definition) is 2. The van der Waals surface area contributed by atoms with Gasteiger partial charge in [0, 0.05) is 6.04 Å². The number of halogens is 1. The smallest absolute Gasteiger partial charge is 0.340 e. The fraction of sp³-hybridized carbons (Fsp3) is 0.231. The predicted molar refractivity (Wildman–Crippen MR) is 125 cm³/mol. The highest BCUT2D eigenvalue weighted by Gasteiger charge is 2.19. The van der Waals surface area contributed by atoms with Crippen molar-refractivity contribution < 1.29 is 28.2 Å². The van der Waals surface area contributed by atoms with Gasteiger partial charge < -0.3 is 24.8 Å². The quantitative estimate of drug-likeness (QED) is 0.472. The summed E-state index contributed by atoms with van der Waals surface area (Å²) in [6.45, 7) is 2.13. The van der Waals surface area contributed by atoms with Gasteiger partial charge in [0.15, 0.2) is 11.5 Å². The lowest BCUT2D eigenvalue weighted by atomic mass is 9.98. The summed E-state index contributed by atoms with van der Waals surface area (Å²) in [6.07, 6.45) is 0.975. The fourth-order valence-corrected chi connectivity index (χ4v) is 3.75. The monoisotopic (exact) mass is 464 g/mol. The third kappa shape index (κ3) is 5.83. The second-order valence-corrected chi connectivity index (χ2v) is 7.78. The highest BCUT2D eigenvalue weighted by Crippen LogP contribution is 2.33. The standard InChI is InChI=1S/C26H25FN2O5/c1-2-32-25(30)21-5-3-4-6-22(21)29-26(31)28-20(13-17-7-10-19(27)11-8-17)14-18-9-12-23-24(15-18)34-16-33-23/h3-12,15,20H,2,13-14,16H2,1H3,(H2,28,29,31)/t20-/m1/s1. The van der Waals surface area contributed by atoms with Crippen LogP contribution in [0.2, 0.25) is 0 Å². The van der Waals surface area contributed by atoms with Gasteiger partial charge in [-0.3, -0.25) is 0 Å². The molecule has 0 aromatic heterocycles. The van der Waals surface area contributed by atoms with Crippen LogP contribution in [0.5, 0.6) is 11.5 Å². The molecule has 1 atom stereocenters. The Morgan fingerprint density at radius 1 is 0.971 bits per heavy atom. The summed E-state index contributed by atoms with van der Waals surface area (Å²) in [5.74, 6) is 0.505. The number of hydrogen-bond acceptors (Lipinski definition) is 5. The van der Waals surface area contributed by atoms with E-state index in [0.717, 1.165) is 11.1 Å². The normalized spacial score (nSPS) is 12.6. The van der Waals surface area contributed by atoms with Gasteiger partial charge in [0.2, 0.25) is 6.79 Å². The van der Waals surface area contributed by atoms with Crippen LogP contribution >= 0.6 is 0 Å². The number of fused-ring (bicyclic) bond motifs is 1. The molecule has 0 spiro atoms. The Bertz CT molecular complexity index is 1170. The first-order valence-electron chi connectivity index (χ1n) is 11.0. The maximum atomic E-state index is 13.4. The lowest BCUT2D eigenvalue weighted by Gasteiger charge is -2.20. The molecule has 2 amide bonds. The lowest BCUT2D eigenvalue weighted by Crippen LogP contribution is -2.41. The molecule has 34 heavy (non-hydrogen) atoms. The van der Waals surface area contributed by atoms with Crippen LogP contribution in [-0.4, -0.2) is 31.4 Å². The van der Waals surface area contributed by atoms with E-state index in [0.29, 0.717) is 30.0 Å². The molecule has 0 fully saturated rings. The van der Waals surface area contributed by atoms with E-state index >= 15 is 0 Å². The first-order valence-corrected chi connectivity index (χ1v) is 11.0. The van der Waals surface area contributed by atoms with Crippen LogP contribution in [0.25, 0.3) is 0 Å². The van der Waals surface area contributed by atoms with Crippen LogP contribution in [0.15, 0.2) is 66.7 Å². The van der Waals surface area contributed by atoms with Gasteiger partial charge in [-0.05, 0) is 67.3 Å². The van der Waals surface area contributed by atoms with E-state index in [1.54, 1.807) is 43.3 Å². The molecular weight excluding hydrogens is 439 g/mol. The highest BCUT2D eigenvalue weighted by molar-refractivity contribution is 6.00. The first kappa shape index (κ1) is 23.1. The predicted octanol–water partition coefficient (Wildman–Crippen LogP) is 4.71. The van der Waals surface area contributed by atoms with Crippen LogP contribution < -0.4 is 20.1 Å². The number of carbonyl (C=O) groups is 2. The van der Waals surface area contributed by atoms with E-state index < -0.39 is 12.0 Å². The summed E-state index contributed by atoms with van der Waals surface area (Å²) >= 11 is 0. The molecule has 7 nitrogen and oxygen atoms in total. The van der Waals surface area contributed by atoms with Crippen molar-refractivity contribution in [3.05, 3.63) is 89.2 Å². The number of rotatable bonds is 8. The van der Waals surface area contributed by atoms with Gasteiger partial charge in [0.1, 0.15) is 5.82 Å². The Labute approximate surface area is 196 Å². The molecule has 1 aliphatic rings. The third-order valence-corrected chi connectivity index (χ3v) is 5.32. The zero-order valence-corrected chi connectivity index (χ0v) is 18.7. The summed E-state index contributed by atoms with van der Waals surface area (Å²) in [5, 5.41) is 5.72. The average molecular weight is 464 g/mol. The van der Waals surface area contributed by atoms with Crippen molar-refractivity contribution in [2.75, 3.05) is 18.7 Å². The van der Waals surface area contributed by atoms with E-state index in [-0.39, 0.29) is 30.8 Å². The Balaban J connectivity index is 1.50. The van der Waals surface area contributed by atoms with Crippen molar-refractivity contribution in [2.45, 2.75) is 25.8 Å². The molecule has 0 saturated carbocycles. The molecule has 4 rings (SSSR count). The largest absolute Gasteiger partial charge is 0.462 e. The summed E-state index contributed by atoms with van der Waals surface area (Å²) in [6, 6.07) is 17.7. The Morgan fingerprint density at radius 3 is 2.47 bits per heavy atom. The van der Waals surface area contributed by atoms with Crippen LogP contribution in [0.4, 0.5) is 14.9 Å². The van der Waals surface area contributed by atoms with Gasteiger partial charge in [0.05, 0.1) is 17.9 Å². The second kappa shape index (κ2) is 10.7. The van der Waals surface area contributed by atoms with Crippen LogP contribution in [0.1, 0.15) is 28.4 Å². The number of esters is 1. The van der Waals surface area contributed by atoms with Crippen molar-refractivity contribution >= 4 is 17.7 Å². The molecule has 2 N–H and O–H groups in total. The van der Waals surface area contributed by atoms with Crippen molar-refractivity contribution in [1.82, 2.24) is 5.32 Å². The zero-order valence-electron chi connectivity index (χ0n) is 18.7. The summed E-state index contributed by atoms with van der Waals surface area (Å²) in [5.41, 5.74) is 2.44. The van der Waals surface area contributed by atoms with Gasteiger partial charge in [-0.2, -0.15) is 0 Å². The fourth-order valence-electron chi connectivity index (χ4n) is 3.75. The Kier molecular flexibility index (Phi) is 7.27. The maximum absolute atomic E-state index is 13.4. The molecule has 8 heteroatoms. The number of carbonyl (C=O) groups excluding carboxylic acids is 2. The molecule has 1 aliphatic heterocycles. The average Bonchev–Trinajstić information content (AvgIpc) is 3.29. The van der Waals surface area contributed by atoms with Gasteiger partial charge >= 0.3 is 12.0 Å². The third-order valence-electron chi connectivity index (χ3n) is 5.32. The summed E-state index contributed by atoms with van der Waals surface area (Å²) in [7, 11) is 0. The number of urea groups is 1. The molecule has 3 aromatic carbocycles. The minimum Gasteiger partial charge on any atom is -0.462 e. The van der Waals surface area contributed by atoms with Crippen molar-refractivity contribution in [2.24, 2.45) is 0 Å². The second-order valence-electron chi connectivity index (χ2n) is 7.78. The van der Waals surface area contributed by atoms with E-state index in [1.807, 2.05) is 18.2 Å². The number of ether oxygens (including phenoxy) is 3. The molecule has 3 aromatic rings. The SMILES string of the molecule is CCOC(=O)c1ccccc1NC(=O)N[C@H](Cc1ccc(F)cc1)Cc1ccc2c(c1)OCO2. The van der Waals surface area contributed by atoms with Crippen molar-refractivity contribution in [3.63, 3.8) is 0 Å². The molecule has 0 radical (unpaired) electrons. The maximum Gasteiger partial charge on any atom is 0.340 e. The van der Waals surface area contributed by atoms with Crippen LogP contribution in [0, 0.1) is 5.82 Å². The molecule has 0 unspecified atom stereocenters. The molecule has 176 valence electrons. The van der Waals surface area contributed by atoms with Gasteiger partial charge in [-0.15, -0.1) is 0 Å². The van der Waals surface area contributed by atoms with Crippen LogP contribution in [-0.2, 0) is 17.6 Å². The number of anilines is 1. The van der Waals surface area contributed by atoms with E-state index in [2.05, 4.69) is 10.6 Å². The van der Waals surface area contributed by atoms with Gasteiger partial charge in [0.25, 0.3) is 0 Å². The van der Waals surface area contributed by atoms with E-state index in [4.69, 9.17) is 14.2 Å². The summed E-state index contributed by atoms with van der Waals surface area (Å²) < 4.78 is 29.3. The minimum absolute atomic E-state index is 0.179. The Hall–Kier alpha value is -4.07. The van der Waals surface area contributed by atoms with E-state index in [1.165, 1.54) is 12.1 Å². The zero-order chi connectivity index (χ0) is 23.9. The van der Waals surface area contributed by atoms with Gasteiger partial charge in [-0.25, -0.2) is 14.0 Å². The summed E-state index contributed by atoms with van der Waals surface area (Å²) in [4.78, 5) is 25.1. The minimum atomic E-state index is -0.512. The molecule has 0 saturated heterocycles. The lowest BCUT2D eigenvalue weighted by molar-refractivity contribution is 0.0527. The van der Waals surface area contributed by atoms with E-state index in [9.17, 15) is 14.0 Å². The number of nitrogens with one attached hydrogen (secondary N) is 2. The molecule has 0 aliphatic carbocycles. The molecule has 1 heterocycles. The highest BCUT2D eigenvalue weighted by atomic mass is 19.1. The molecule has 0 bridgehead atoms. The number of benzene rings is 3. The topological polar surface area (TPSA) is 85.9 Å². The first-order chi connectivity index (χ1) is 16.5. The van der Waals surface area contributed by atoms with Gasteiger partial charge in [-0.1, -0.05) is 30.3 Å².